The molecule has 0 radical (unpaired) electrons. The van der Waals surface area contributed by atoms with E-state index < -0.39 is 0 Å². The number of nitrogens with one attached hydrogen (secondary N) is 2. The summed E-state index contributed by atoms with van der Waals surface area (Å²) in [5.74, 6) is 0.612. The topological polar surface area (TPSA) is 85.6 Å². The molecule has 1 aliphatic carbocycles. The first-order valence-electron chi connectivity index (χ1n) is 10.3. The molecule has 2 unspecified atom stereocenters. The number of aryl methyl sites for hydroxylation is 1. The lowest BCUT2D eigenvalue weighted by molar-refractivity contribution is -0.115. The Hall–Kier alpha value is -2.62. The summed E-state index contributed by atoms with van der Waals surface area (Å²) in [5.41, 5.74) is 1.88. The summed E-state index contributed by atoms with van der Waals surface area (Å²) in [6, 6.07) is 6.04. The maximum absolute atomic E-state index is 13.1. The lowest BCUT2D eigenvalue weighted by Crippen LogP contribution is -2.28. The van der Waals surface area contributed by atoms with Crippen LogP contribution in [0.1, 0.15) is 37.1 Å². The van der Waals surface area contributed by atoms with Gasteiger partial charge in [-0.05, 0) is 75.2 Å². The van der Waals surface area contributed by atoms with Crippen molar-refractivity contribution in [3.05, 3.63) is 53.3 Å². The fourth-order valence-electron chi connectivity index (χ4n) is 3.67. The lowest BCUT2D eigenvalue weighted by Gasteiger charge is -2.28. The number of hydrogen-bond donors (Lipinski definition) is 2. The monoisotopic (exact) mass is 445 g/mol. The summed E-state index contributed by atoms with van der Waals surface area (Å²) in [4.78, 5) is 16.1. The molecule has 0 bridgehead atoms. The first-order chi connectivity index (χ1) is 15.0. The van der Waals surface area contributed by atoms with Crippen LogP contribution in [-0.2, 0) is 20.9 Å². The normalized spacial score (nSPS) is 22.6. The number of ether oxygens (including phenoxy) is 2. The van der Waals surface area contributed by atoms with E-state index >= 15 is 0 Å². The van der Waals surface area contributed by atoms with Gasteiger partial charge in [0.15, 0.2) is 5.11 Å². The van der Waals surface area contributed by atoms with Crippen molar-refractivity contribution in [3.63, 3.8) is 0 Å². The minimum absolute atomic E-state index is 0.0669. The Labute approximate surface area is 185 Å². The highest BCUT2D eigenvalue weighted by atomic mass is 32.1. The molecule has 1 aromatic heterocycles. The lowest BCUT2D eigenvalue weighted by atomic mass is 9.95. The summed E-state index contributed by atoms with van der Waals surface area (Å²) in [7, 11) is 0. The van der Waals surface area contributed by atoms with Gasteiger partial charge in [-0.3, -0.25) is 10.1 Å². The summed E-state index contributed by atoms with van der Waals surface area (Å²) < 4.78 is 30.9. The van der Waals surface area contributed by atoms with Crippen LogP contribution in [0.2, 0.25) is 0 Å². The third kappa shape index (κ3) is 5.55. The van der Waals surface area contributed by atoms with Crippen molar-refractivity contribution in [2.45, 2.75) is 51.4 Å². The highest BCUT2D eigenvalue weighted by Crippen LogP contribution is 2.26. The summed E-state index contributed by atoms with van der Waals surface area (Å²) in [5, 5.41) is 5.64. The van der Waals surface area contributed by atoms with Crippen LogP contribution in [0.15, 0.2) is 40.5 Å². The summed E-state index contributed by atoms with van der Waals surface area (Å²) >= 11 is 4.91. The van der Waals surface area contributed by atoms with Crippen LogP contribution in [0.25, 0.3) is 11.5 Å². The molecule has 1 saturated heterocycles. The zero-order valence-corrected chi connectivity index (χ0v) is 18.0. The van der Waals surface area contributed by atoms with Gasteiger partial charge in [0.25, 0.3) is 5.91 Å². The molecule has 1 amide bonds. The number of amides is 1. The van der Waals surface area contributed by atoms with Gasteiger partial charge in [0.05, 0.1) is 25.4 Å². The standard InChI is InChI=1S/C22H24FN3O4S/c1-13-19(24-21(30-13)14-5-7-15(23)8-6-14)12-29-17-4-2-3-16(11-17)28-10-9-18-20(27)26-22(31)25-18/h5-9,16-17H,2-4,10-12H2,1H3,(H2,25,26,27,31). The van der Waals surface area contributed by atoms with Crippen LogP contribution in [0, 0.1) is 12.7 Å². The molecule has 2 heterocycles. The minimum Gasteiger partial charge on any atom is -0.441 e. The molecule has 1 aromatic carbocycles. The number of benzene rings is 1. The molecule has 31 heavy (non-hydrogen) atoms. The van der Waals surface area contributed by atoms with Crippen molar-refractivity contribution < 1.29 is 23.1 Å². The fourth-order valence-corrected chi connectivity index (χ4v) is 3.87. The number of thiocarbonyl (C=S) groups is 1. The van der Waals surface area contributed by atoms with Crippen LogP contribution in [0.4, 0.5) is 4.39 Å². The van der Waals surface area contributed by atoms with Crippen molar-refractivity contribution in [1.29, 1.82) is 0 Å². The molecule has 2 atom stereocenters. The van der Waals surface area contributed by atoms with Gasteiger partial charge in [0, 0.05) is 5.56 Å². The Morgan fingerprint density at radius 2 is 1.97 bits per heavy atom. The third-order valence-electron chi connectivity index (χ3n) is 5.36. The van der Waals surface area contributed by atoms with Crippen molar-refractivity contribution in [2.75, 3.05) is 6.61 Å². The first kappa shape index (κ1) is 21.6. The van der Waals surface area contributed by atoms with Crippen LogP contribution in [0.5, 0.6) is 0 Å². The van der Waals surface area contributed by atoms with Crippen LogP contribution >= 0.6 is 12.2 Å². The van der Waals surface area contributed by atoms with Crippen LogP contribution in [-0.4, -0.2) is 34.8 Å². The van der Waals surface area contributed by atoms with Gasteiger partial charge in [-0.1, -0.05) is 0 Å². The van der Waals surface area contributed by atoms with E-state index in [-0.39, 0.29) is 23.9 Å². The number of nitrogens with zero attached hydrogens (tertiary/aromatic N) is 1. The SMILES string of the molecule is Cc1oc(-c2ccc(F)cc2)nc1COC1CCCC(OCC=C2NC(=S)NC2=O)C1. The highest BCUT2D eigenvalue weighted by Gasteiger charge is 2.25. The van der Waals surface area contributed by atoms with Gasteiger partial charge in [-0.2, -0.15) is 0 Å². The molecule has 2 aliphatic rings. The van der Waals surface area contributed by atoms with Crippen molar-refractivity contribution in [2.24, 2.45) is 0 Å². The molecule has 1 saturated carbocycles. The summed E-state index contributed by atoms with van der Waals surface area (Å²) in [6.45, 7) is 2.52. The molecular weight excluding hydrogens is 421 g/mol. The molecule has 164 valence electrons. The molecule has 0 spiro atoms. The Kier molecular flexibility index (Phi) is 6.74. The quantitative estimate of drug-likeness (QED) is 0.498. The van der Waals surface area contributed by atoms with Gasteiger partial charge in [-0.25, -0.2) is 9.37 Å². The van der Waals surface area contributed by atoms with Crippen LogP contribution in [0.3, 0.4) is 0 Å². The highest BCUT2D eigenvalue weighted by molar-refractivity contribution is 7.80. The minimum atomic E-state index is -0.299. The number of rotatable bonds is 7. The van der Waals surface area contributed by atoms with Gasteiger partial charge in [0.1, 0.15) is 23.0 Å². The number of halogens is 1. The molecule has 2 aromatic rings. The number of hydrogen-bond acceptors (Lipinski definition) is 6. The fraction of sp³-hybridized carbons (Fsp3) is 0.409. The van der Waals surface area contributed by atoms with E-state index in [4.69, 9.17) is 26.1 Å². The van der Waals surface area contributed by atoms with Crippen molar-refractivity contribution in [3.8, 4) is 11.5 Å². The van der Waals surface area contributed by atoms with Gasteiger partial charge in [-0.15, -0.1) is 0 Å². The Bertz CT molecular complexity index is 989. The molecular formula is C22H24FN3O4S. The first-order valence-corrected chi connectivity index (χ1v) is 10.7. The average molecular weight is 446 g/mol. The van der Waals surface area contributed by atoms with Crippen LogP contribution < -0.4 is 10.6 Å². The van der Waals surface area contributed by atoms with E-state index in [1.165, 1.54) is 12.1 Å². The maximum Gasteiger partial charge on any atom is 0.273 e. The zero-order valence-electron chi connectivity index (χ0n) is 17.2. The van der Waals surface area contributed by atoms with Gasteiger partial charge in [0.2, 0.25) is 5.89 Å². The predicted octanol–water partition coefficient (Wildman–Crippen LogP) is 3.52. The van der Waals surface area contributed by atoms with E-state index in [1.54, 1.807) is 18.2 Å². The molecule has 2 N–H and O–H groups in total. The Morgan fingerprint density at radius 1 is 1.23 bits per heavy atom. The second-order valence-electron chi connectivity index (χ2n) is 7.61. The number of carbonyl (C=O) groups is 1. The average Bonchev–Trinajstić information content (AvgIpc) is 3.28. The largest absolute Gasteiger partial charge is 0.441 e. The van der Waals surface area contributed by atoms with E-state index in [9.17, 15) is 9.18 Å². The zero-order chi connectivity index (χ0) is 21.8. The molecule has 1 aliphatic heterocycles. The maximum atomic E-state index is 13.1. The van der Waals surface area contributed by atoms with E-state index in [0.717, 1.165) is 36.9 Å². The second-order valence-corrected chi connectivity index (χ2v) is 8.02. The van der Waals surface area contributed by atoms with Crippen molar-refractivity contribution in [1.82, 2.24) is 15.6 Å². The second kappa shape index (κ2) is 9.67. The van der Waals surface area contributed by atoms with E-state index in [2.05, 4.69) is 15.6 Å². The number of aromatic nitrogens is 1. The molecule has 2 fully saturated rings. The van der Waals surface area contributed by atoms with E-state index in [1.807, 2.05) is 6.92 Å². The predicted molar refractivity (Wildman–Crippen MR) is 115 cm³/mol. The van der Waals surface area contributed by atoms with E-state index in [0.29, 0.717) is 35.7 Å². The summed E-state index contributed by atoms with van der Waals surface area (Å²) in [6.07, 6.45) is 5.54. The third-order valence-corrected chi connectivity index (χ3v) is 5.56. The Morgan fingerprint density at radius 3 is 2.68 bits per heavy atom. The van der Waals surface area contributed by atoms with Gasteiger partial charge < -0.3 is 19.2 Å². The molecule has 7 nitrogen and oxygen atoms in total. The number of oxazole rings is 1. The Balaban J connectivity index is 1.27. The van der Waals surface area contributed by atoms with Crippen molar-refractivity contribution >= 4 is 23.2 Å². The molecule has 9 heteroatoms. The van der Waals surface area contributed by atoms with Gasteiger partial charge >= 0.3 is 0 Å². The number of carbonyl (C=O) groups excluding carboxylic acids is 1. The smallest absolute Gasteiger partial charge is 0.273 e. The molecule has 4 rings (SSSR count).